The summed E-state index contributed by atoms with van der Waals surface area (Å²) in [5, 5.41) is 9.89. The highest BCUT2D eigenvalue weighted by Crippen LogP contribution is 2.36. The quantitative estimate of drug-likeness (QED) is 0.600. The zero-order valence-corrected chi connectivity index (χ0v) is 18.5. The number of aromatic nitrogens is 3. The Morgan fingerprint density at radius 3 is 2.88 bits per heavy atom. The third-order valence-corrected chi connectivity index (χ3v) is 6.19. The molecule has 2 fully saturated rings. The molecule has 11 heteroatoms. The SMILES string of the molecule is Cl.O=C(N[C@@H]1CCNC[C@@H]1F)c1cnn2ccc(N3CCC[C@@H]3c3cc(F)ccc3F)nc12. The van der Waals surface area contributed by atoms with Crippen LogP contribution in [0.15, 0.2) is 36.7 Å². The summed E-state index contributed by atoms with van der Waals surface area (Å²) in [5.41, 5.74) is 0.857. The Morgan fingerprint density at radius 2 is 2.06 bits per heavy atom. The molecule has 2 aliphatic heterocycles. The number of halogens is 4. The minimum absolute atomic E-state index is 0. The van der Waals surface area contributed by atoms with E-state index in [2.05, 4.69) is 20.7 Å². The number of alkyl halides is 1. The Labute approximate surface area is 194 Å². The van der Waals surface area contributed by atoms with Crippen LogP contribution in [-0.4, -0.2) is 52.4 Å². The van der Waals surface area contributed by atoms with Gasteiger partial charge in [-0.25, -0.2) is 22.7 Å². The third-order valence-electron chi connectivity index (χ3n) is 6.19. The van der Waals surface area contributed by atoms with Gasteiger partial charge in [0.05, 0.1) is 18.3 Å². The van der Waals surface area contributed by atoms with Gasteiger partial charge in [0.25, 0.3) is 5.91 Å². The van der Waals surface area contributed by atoms with Crippen LogP contribution >= 0.6 is 12.4 Å². The van der Waals surface area contributed by atoms with Gasteiger partial charge >= 0.3 is 0 Å². The average molecular weight is 481 g/mol. The lowest BCUT2D eigenvalue weighted by Crippen LogP contribution is -2.50. The van der Waals surface area contributed by atoms with Gasteiger partial charge < -0.3 is 15.5 Å². The standard InChI is InChI=1S/C22H23F3N6O.ClH/c23-13-3-4-16(24)14(10-13)19-2-1-8-30(19)20-6-9-31-21(29-20)15(11-27-31)22(32)28-18-5-7-26-12-17(18)25;/h3-4,6,9-11,17-19,26H,1-2,5,7-8,12H2,(H,28,32);1H/t17-,18+,19+;/m0./s1. The van der Waals surface area contributed by atoms with Crippen molar-refractivity contribution in [1.82, 2.24) is 25.2 Å². The van der Waals surface area contributed by atoms with Crippen molar-refractivity contribution < 1.29 is 18.0 Å². The molecule has 1 aromatic carbocycles. The fourth-order valence-electron chi connectivity index (χ4n) is 4.54. The number of carbonyl (C=O) groups excluding carboxylic acids is 1. The first kappa shape index (κ1) is 23.3. The van der Waals surface area contributed by atoms with E-state index in [1.54, 1.807) is 12.3 Å². The van der Waals surface area contributed by atoms with E-state index < -0.39 is 29.8 Å². The Morgan fingerprint density at radius 1 is 1.21 bits per heavy atom. The second kappa shape index (κ2) is 9.56. The normalized spacial score (nSPS) is 22.9. The molecule has 3 aromatic rings. The summed E-state index contributed by atoms with van der Waals surface area (Å²) in [6.07, 6.45) is 3.88. The van der Waals surface area contributed by atoms with Gasteiger partial charge in [0, 0.05) is 24.8 Å². The molecule has 0 spiro atoms. The van der Waals surface area contributed by atoms with E-state index in [1.807, 2.05) is 4.90 Å². The predicted octanol–water partition coefficient (Wildman–Crippen LogP) is 3.20. The maximum absolute atomic E-state index is 14.4. The lowest BCUT2D eigenvalue weighted by molar-refractivity contribution is 0.0893. The van der Waals surface area contributed by atoms with Crippen LogP contribution < -0.4 is 15.5 Å². The van der Waals surface area contributed by atoms with Gasteiger partial charge in [0.15, 0.2) is 5.65 Å². The van der Waals surface area contributed by atoms with E-state index in [1.165, 1.54) is 16.8 Å². The molecule has 7 nitrogen and oxygen atoms in total. The summed E-state index contributed by atoms with van der Waals surface area (Å²) >= 11 is 0. The van der Waals surface area contributed by atoms with E-state index in [-0.39, 0.29) is 36.1 Å². The second-order valence-electron chi connectivity index (χ2n) is 8.22. The zero-order chi connectivity index (χ0) is 22.2. The Balaban J connectivity index is 0.00000259. The minimum atomic E-state index is -1.16. The molecule has 0 bridgehead atoms. The monoisotopic (exact) mass is 480 g/mol. The maximum atomic E-state index is 14.4. The average Bonchev–Trinajstić information content (AvgIpc) is 3.43. The van der Waals surface area contributed by atoms with Gasteiger partial charge in [-0.15, -0.1) is 12.4 Å². The number of hydrogen-bond acceptors (Lipinski definition) is 5. The van der Waals surface area contributed by atoms with E-state index >= 15 is 0 Å². The Bertz CT molecular complexity index is 1160. The van der Waals surface area contributed by atoms with Crippen molar-refractivity contribution in [2.45, 2.75) is 37.5 Å². The van der Waals surface area contributed by atoms with Gasteiger partial charge in [-0.1, -0.05) is 0 Å². The fourth-order valence-corrected chi connectivity index (χ4v) is 4.54. The zero-order valence-electron chi connectivity index (χ0n) is 17.7. The van der Waals surface area contributed by atoms with Crippen LogP contribution in [0, 0.1) is 11.6 Å². The van der Waals surface area contributed by atoms with E-state index in [4.69, 9.17) is 0 Å². The molecule has 33 heavy (non-hydrogen) atoms. The molecule has 3 atom stereocenters. The topological polar surface area (TPSA) is 74.6 Å². The summed E-state index contributed by atoms with van der Waals surface area (Å²) in [7, 11) is 0. The molecule has 0 aliphatic carbocycles. The van der Waals surface area contributed by atoms with Crippen molar-refractivity contribution in [2.75, 3.05) is 24.5 Å². The van der Waals surface area contributed by atoms with E-state index in [0.29, 0.717) is 37.4 Å². The number of amides is 1. The summed E-state index contributed by atoms with van der Waals surface area (Å²) in [4.78, 5) is 19.4. The molecule has 2 saturated heterocycles. The molecule has 2 aliphatic rings. The van der Waals surface area contributed by atoms with Crippen LogP contribution in [0.25, 0.3) is 5.65 Å². The summed E-state index contributed by atoms with van der Waals surface area (Å²) in [5.74, 6) is -0.844. The number of anilines is 1. The number of nitrogens with one attached hydrogen (secondary N) is 2. The number of rotatable bonds is 4. The van der Waals surface area contributed by atoms with Gasteiger partial charge in [0.2, 0.25) is 0 Å². The second-order valence-corrected chi connectivity index (χ2v) is 8.22. The van der Waals surface area contributed by atoms with Crippen LogP contribution in [0.1, 0.15) is 41.2 Å². The highest BCUT2D eigenvalue weighted by Gasteiger charge is 2.31. The summed E-state index contributed by atoms with van der Waals surface area (Å²) < 4.78 is 43.8. The van der Waals surface area contributed by atoms with Gasteiger partial charge in [-0.2, -0.15) is 5.10 Å². The first-order chi connectivity index (χ1) is 15.5. The molecule has 0 saturated carbocycles. The molecule has 5 rings (SSSR count). The summed E-state index contributed by atoms with van der Waals surface area (Å²) in [6, 6.07) is 4.27. The molecule has 0 unspecified atom stereocenters. The van der Waals surface area contributed by atoms with Crippen molar-refractivity contribution in [3.8, 4) is 0 Å². The smallest absolute Gasteiger partial charge is 0.257 e. The maximum Gasteiger partial charge on any atom is 0.257 e. The van der Waals surface area contributed by atoms with Gasteiger partial charge in [-0.3, -0.25) is 4.79 Å². The largest absolute Gasteiger partial charge is 0.349 e. The number of hydrogen-bond donors (Lipinski definition) is 2. The van der Waals surface area contributed by atoms with Crippen molar-refractivity contribution >= 4 is 29.8 Å². The highest BCUT2D eigenvalue weighted by molar-refractivity contribution is 6.00. The fraction of sp³-hybridized carbons (Fsp3) is 0.409. The van der Waals surface area contributed by atoms with Crippen molar-refractivity contribution in [1.29, 1.82) is 0 Å². The Hall–Kier alpha value is -2.85. The van der Waals surface area contributed by atoms with Crippen molar-refractivity contribution in [2.24, 2.45) is 0 Å². The molecule has 0 radical (unpaired) electrons. The number of carbonyl (C=O) groups is 1. The highest BCUT2D eigenvalue weighted by atomic mass is 35.5. The first-order valence-electron chi connectivity index (χ1n) is 10.7. The van der Waals surface area contributed by atoms with Crippen LogP contribution in [0.5, 0.6) is 0 Å². The lowest BCUT2D eigenvalue weighted by Gasteiger charge is -2.27. The van der Waals surface area contributed by atoms with Crippen LogP contribution in [-0.2, 0) is 0 Å². The van der Waals surface area contributed by atoms with Crippen molar-refractivity contribution in [3.63, 3.8) is 0 Å². The molecule has 176 valence electrons. The molecule has 2 aromatic heterocycles. The number of nitrogens with zero attached hydrogens (tertiary/aromatic N) is 4. The predicted molar refractivity (Wildman–Crippen MR) is 120 cm³/mol. The van der Waals surface area contributed by atoms with Gasteiger partial charge in [0.1, 0.15) is 29.2 Å². The Kier molecular flexibility index (Phi) is 6.76. The van der Waals surface area contributed by atoms with Crippen LogP contribution in [0.2, 0.25) is 0 Å². The van der Waals surface area contributed by atoms with E-state index in [9.17, 15) is 18.0 Å². The first-order valence-corrected chi connectivity index (χ1v) is 10.7. The number of fused-ring (bicyclic) bond motifs is 1. The molecule has 4 heterocycles. The van der Waals surface area contributed by atoms with Crippen LogP contribution in [0.3, 0.4) is 0 Å². The number of piperidine rings is 1. The number of benzene rings is 1. The van der Waals surface area contributed by atoms with Crippen molar-refractivity contribution in [3.05, 3.63) is 59.4 Å². The van der Waals surface area contributed by atoms with Gasteiger partial charge in [-0.05, 0) is 50.1 Å². The molecule has 1 amide bonds. The van der Waals surface area contributed by atoms with E-state index in [0.717, 1.165) is 18.6 Å². The molecule has 2 N–H and O–H groups in total. The molecular formula is C22H24ClF3N6O. The lowest BCUT2D eigenvalue weighted by atomic mass is 10.0. The minimum Gasteiger partial charge on any atom is -0.349 e. The van der Waals surface area contributed by atoms with Crippen LogP contribution in [0.4, 0.5) is 19.0 Å². The third kappa shape index (κ3) is 4.49. The summed E-state index contributed by atoms with van der Waals surface area (Å²) in [6.45, 7) is 1.46. The molecular weight excluding hydrogens is 457 g/mol.